The van der Waals surface area contributed by atoms with E-state index in [1.807, 2.05) is 4.90 Å². The number of hydrogen-bond donors (Lipinski definition) is 0. The number of amides is 1. The van der Waals surface area contributed by atoms with E-state index < -0.39 is 11.7 Å². The van der Waals surface area contributed by atoms with Gasteiger partial charge in [0.15, 0.2) is 0 Å². The Labute approximate surface area is 159 Å². The summed E-state index contributed by atoms with van der Waals surface area (Å²) in [5.41, 5.74) is -0.330. The van der Waals surface area contributed by atoms with Gasteiger partial charge in [-0.25, -0.2) is 9.97 Å². The van der Waals surface area contributed by atoms with Crippen LogP contribution >= 0.6 is 0 Å². The lowest BCUT2D eigenvalue weighted by molar-refractivity contribution is -0.137. The minimum Gasteiger partial charge on any atom is -0.480 e. The normalized spacial score (nSPS) is 21.7. The van der Waals surface area contributed by atoms with Crippen molar-refractivity contribution in [2.24, 2.45) is 5.92 Å². The molecule has 2 atom stereocenters. The Morgan fingerprint density at radius 2 is 2.04 bits per heavy atom. The Morgan fingerprint density at radius 3 is 2.79 bits per heavy atom. The van der Waals surface area contributed by atoms with Crippen molar-refractivity contribution in [3.8, 4) is 5.88 Å². The summed E-state index contributed by atoms with van der Waals surface area (Å²) in [4.78, 5) is 24.8. The van der Waals surface area contributed by atoms with Gasteiger partial charge in [-0.05, 0) is 30.7 Å². The highest BCUT2D eigenvalue weighted by Gasteiger charge is 2.44. The molecular formula is C19H19F3N4O2. The maximum atomic E-state index is 13.0. The summed E-state index contributed by atoms with van der Waals surface area (Å²) in [6.45, 7) is 1.64. The van der Waals surface area contributed by atoms with Crippen LogP contribution in [0, 0.1) is 5.92 Å². The number of aromatic nitrogens is 2. The van der Waals surface area contributed by atoms with Crippen LogP contribution in [-0.2, 0) is 6.18 Å². The Balaban J connectivity index is 1.54. The van der Waals surface area contributed by atoms with Crippen molar-refractivity contribution in [1.29, 1.82) is 0 Å². The Morgan fingerprint density at radius 1 is 1.21 bits per heavy atom. The van der Waals surface area contributed by atoms with Crippen molar-refractivity contribution < 1.29 is 22.7 Å². The molecule has 2 unspecified atom stereocenters. The number of carbonyl (C=O) groups excluding carboxylic acids is 1. The van der Waals surface area contributed by atoms with Crippen LogP contribution in [0.5, 0.6) is 5.88 Å². The summed E-state index contributed by atoms with van der Waals surface area (Å²) in [5, 5.41) is 0. The van der Waals surface area contributed by atoms with Gasteiger partial charge < -0.3 is 14.5 Å². The zero-order valence-electron chi connectivity index (χ0n) is 15.2. The van der Waals surface area contributed by atoms with Gasteiger partial charge in [0.2, 0.25) is 5.88 Å². The van der Waals surface area contributed by atoms with Crippen molar-refractivity contribution in [1.82, 2.24) is 14.9 Å². The minimum atomic E-state index is -4.41. The van der Waals surface area contributed by atoms with Gasteiger partial charge in [0.1, 0.15) is 11.4 Å². The molecule has 4 rings (SSSR count). The third kappa shape index (κ3) is 3.25. The third-order valence-corrected chi connectivity index (χ3v) is 5.40. The van der Waals surface area contributed by atoms with Crippen molar-refractivity contribution in [3.05, 3.63) is 47.8 Å². The highest BCUT2D eigenvalue weighted by molar-refractivity contribution is 5.96. The van der Waals surface area contributed by atoms with Crippen LogP contribution < -0.4 is 9.64 Å². The van der Waals surface area contributed by atoms with Crippen LogP contribution in [0.1, 0.15) is 22.3 Å². The second-order valence-corrected chi connectivity index (χ2v) is 6.98. The summed E-state index contributed by atoms with van der Waals surface area (Å²) < 4.78 is 44.2. The molecule has 28 heavy (non-hydrogen) atoms. The second kappa shape index (κ2) is 6.96. The Hall–Kier alpha value is -2.84. The lowest BCUT2D eigenvalue weighted by atomic mass is 10.0. The summed E-state index contributed by atoms with van der Waals surface area (Å²) in [6.07, 6.45) is -0.880. The molecule has 2 fully saturated rings. The zero-order valence-corrected chi connectivity index (χ0v) is 15.2. The SMILES string of the molecule is COc1ncccc1C(=O)N1CCC2CN(c3cc(C(F)(F)F)ccn3)CC21. The molecule has 0 saturated carbocycles. The number of nitrogens with zero attached hydrogens (tertiary/aromatic N) is 4. The van der Waals surface area contributed by atoms with Gasteiger partial charge in [-0.2, -0.15) is 13.2 Å². The number of methoxy groups -OCH3 is 1. The molecule has 6 nitrogen and oxygen atoms in total. The lowest BCUT2D eigenvalue weighted by Crippen LogP contribution is -2.40. The number of pyridine rings is 2. The predicted octanol–water partition coefficient (Wildman–Crippen LogP) is 2.85. The van der Waals surface area contributed by atoms with E-state index in [0.717, 1.165) is 18.6 Å². The summed E-state index contributed by atoms with van der Waals surface area (Å²) >= 11 is 0. The third-order valence-electron chi connectivity index (χ3n) is 5.40. The van der Waals surface area contributed by atoms with Crippen LogP contribution in [0.4, 0.5) is 19.0 Å². The van der Waals surface area contributed by atoms with E-state index in [4.69, 9.17) is 4.74 Å². The number of carbonyl (C=O) groups is 1. The summed E-state index contributed by atoms with van der Waals surface area (Å²) in [6, 6.07) is 5.30. The number of hydrogen-bond acceptors (Lipinski definition) is 5. The molecule has 2 aromatic heterocycles. The molecule has 9 heteroatoms. The van der Waals surface area contributed by atoms with Gasteiger partial charge in [-0.15, -0.1) is 0 Å². The molecule has 0 aromatic carbocycles. The van der Waals surface area contributed by atoms with Crippen molar-refractivity contribution in [2.45, 2.75) is 18.6 Å². The molecule has 0 aliphatic carbocycles. The molecule has 2 saturated heterocycles. The molecule has 2 aliphatic heterocycles. The first-order valence-electron chi connectivity index (χ1n) is 8.96. The fourth-order valence-corrected chi connectivity index (χ4v) is 4.04. The molecule has 0 N–H and O–H groups in total. The summed E-state index contributed by atoms with van der Waals surface area (Å²) in [7, 11) is 1.46. The Bertz CT molecular complexity index is 889. The van der Waals surface area contributed by atoms with Crippen molar-refractivity contribution in [3.63, 3.8) is 0 Å². The maximum Gasteiger partial charge on any atom is 0.416 e. The number of ether oxygens (including phenoxy) is 1. The average molecular weight is 392 g/mol. The highest BCUT2D eigenvalue weighted by atomic mass is 19.4. The van der Waals surface area contributed by atoms with E-state index in [-0.39, 0.29) is 29.6 Å². The topological polar surface area (TPSA) is 58.6 Å². The minimum absolute atomic E-state index is 0.0752. The van der Waals surface area contributed by atoms with Crippen molar-refractivity contribution in [2.75, 3.05) is 31.6 Å². The van der Waals surface area contributed by atoms with E-state index in [0.29, 0.717) is 25.2 Å². The zero-order chi connectivity index (χ0) is 19.9. The maximum absolute atomic E-state index is 13.0. The van der Waals surface area contributed by atoms with Crippen LogP contribution in [0.25, 0.3) is 0 Å². The van der Waals surface area contributed by atoms with Gasteiger partial charge in [-0.1, -0.05) is 0 Å². The first-order chi connectivity index (χ1) is 13.4. The quantitative estimate of drug-likeness (QED) is 0.804. The summed E-state index contributed by atoms with van der Waals surface area (Å²) in [5.74, 6) is 0.584. The molecular weight excluding hydrogens is 373 g/mol. The van der Waals surface area contributed by atoms with Gasteiger partial charge in [-0.3, -0.25) is 4.79 Å². The van der Waals surface area contributed by atoms with Gasteiger partial charge in [0.25, 0.3) is 5.91 Å². The van der Waals surface area contributed by atoms with E-state index in [2.05, 4.69) is 9.97 Å². The number of anilines is 1. The number of alkyl halides is 3. The molecule has 2 aromatic rings. The smallest absolute Gasteiger partial charge is 0.416 e. The molecule has 0 bridgehead atoms. The molecule has 1 amide bonds. The van der Waals surface area contributed by atoms with Crippen LogP contribution in [0.3, 0.4) is 0 Å². The molecule has 0 radical (unpaired) electrons. The average Bonchev–Trinajstić information content (AvgIpc) is 3.27. The van der Waals surface area contributed by atoms with E-state index >= 15 is 0 Å². The van der Waals surface area contributed by atoms with Crippen molar-refractivity contribution >= 4 is 11.7 Å². The fraction of sp³-hybridized carbons (Fsp3) is 0.421. The first-order valence-corrected chi connectivity index (χ1v) is 8.96. The van der Waals surface area contributed by atoms with E-state index in [9.17, 15) is 18.0 Å². The van der Waals surface area contributed by atoms with Gasteiger partial charge >= 0.3 is 6.18 Å². The van der Waals surface area contributed by atoms with Crippen LogP contribution in [0.15, 0.2) is 36.7 Å². The standard InChI is InChI=1S/C19H19F3N4O2/c1-28-17-14(3-2-6-24-17)18(27)26-8-5-12-10-25(11-15(12)26)16-9-13(4-7-23-16)19(20,21)22/h2-4,6-7,9,12,15H,5,8,10-11H2,1H3. The lowest BCUT2D eigenvalue weighted by Gasteiger charge is -2.26. The number of fused-ring (bicyclic) bond motifs is 1. The molecule has 4 heterocycles. The van der Waals surface area contributed by atoms with E-state index in [1.165, 1.54) is 13.3 Å². The number of halogens is 3. The largest absolute Gasteiger partial charge is 0.480 e. The fourth-order valence-electron chi connectivity index (χ4n) is 4.04. The second-order valence-electron chi connectivity index (χ2n) is 6.98. The first kappa shape index (κ1) is 18.5. The van der Waals surface area contributed by atoms with Crippen LogP contribution in [-0.4, -0.2) is 53.6 Å². The van der Waals surface area contributed by atoms with Gasteiger partial charge in [0, 0.05) is 37.9 Å². The predicted molar refractivity (Wildman–Crippen MR) is 95.2 cm³/mol. The number of likely N-dealkylation sites (tertiary alicyclic amines) is 1. The molecule has 2 aliphatic rings. The van der Waals surface area contributed by atoms with E-state index in [1.54, 1.807) is 23.2 Å². The highest BCUT2D eigenvalue weighted by Crippen LogP contribution is 2.37. The molecule has 148 valence electrons. The van der Waals surface area contributed by atoms with Gasteiger partial charge in [0.05, 0.1) is 18.7 Å². The number of rotatable bonds is 3. The monoisotopic (exact) mass is 392 g/mol. The molecule has 0 spiro atoms. The van der Waals surface area contributed by atoms with Crippen LogP contribution in [0.2, 0.25) is 0 Å². The Kier molecular flexibility index (Phi) is 4.60.